The summed E-state index contributed by atoms with van der Waals surface area (Å²) in [6.45, 7) is 0. The molecule has 0 spiro atoms. The fourth-order valence-corrected chi connectivity index (χ4v) is 2.55. The van der Waals surface area contributed by atoms with Crippen LogP contribution in [0.2, 0.25) is 0 Å². The summed E-state index contributed by atoms with van der Waals surface area (Å²) in [6.07, 6.45) is 3.43. The van der Waals surface area contributed by atoms with E-state index in [1.165, 1.54) is 6.20 Å². The van der Waals surface area contributed by atoms with Crippen molar-refractivity contribution >= 4 is 5.91 Å². The lowest BCUT2D eigenvalue weighted by Crippen LogP contribution is -2.39. The number of hydrogen-bond donors (Lipinski definition) is 2. The molecule has 2 atom stereocenters. The molecule has 1 heterocycles. The quantitative estimate of drug-likeness (QED) is 0.896. The van der Waals surface area contributed by atoms with Crippen molar-refractivity contribution in [2.45, 2.75) is 31.4 Å². The molecule has 2 aromatic rings. The van der Waals surface area contributed by atoms with E-state index in [0.29, 0.717) is 11.3 Å². The van der Waals surface area contributed by atoms with E-state index >= 15 is 0 Å². The lowest BCUT2D eigenvalue weighted by molar-refractivity contribution is 0.0873. The van der Waals surface area contributed by atoms with Crippen molar-refractivity contribution in [2.24, 2.45) is 0 Å². The zero-order chi connectivity index (χ0) is 13.9. The van der Waals surface area contributed by atoms with Gasteiger partial charge in [0, 0.05) is 5.56 Å². The lowest BCUT2D eigenvalue weighted by Gasteiger charge is -2.15. The third kappa shape index (κ3) is 2.44. The molecule has 5 heteroatoms. The topological polar surface area (TPSA) is 75.4 Å². The summed E-state index contributed by atoms with van der Waals surface area (Å²) >= 11 is 0. The number of hydrogen-bond acceptors (Lipinski definition) is 4. The molecule has 0 unspecified atom stereocenters. The van der Waals surface area contributed by atoms with Crippen LogP contribution in [-0.2, 0) is 0 Å². The van der Waals surface area contributed by atoms with Gasteiger partial charge in [-0.3, -0.25) is 4.79 Å². The Balaban J connectivity index is 1.81. The van der Waals surface area contributed by atoms with E-state index in [0.717, 1.165) is 24.8 Å². The summed E-state index contributed by atoms with van der Waals surface area (Å²) in [5.41, 5.74) is 1.21. The molecular formula is C15H16N2O3. The normalized spacial score (nSPS) is 21.9. The van der Waals surface area contributed by atoms with Gasteiger partial charge in [0.2, 0.25) is 0 Å². The van der Waals surface area contributed by atoms with Gasteiger partial charge in [0.1, 0.15) is 5.56 Å². The number of nitrogens with one attached hydrogen (secondary N) is 1. The van der Waals surface area contributed by atoms with Gasteiger partial charge >= 0.3 is 0 Å². The highest BCUT2D eigenvalue weighted by Gasteiger charge is 2.28. The first-order valence-electron chi connectivity index (χ1n) is 6.75. The minimum Gasteiger partial charge on any atom is -0.391 e. The molecule has 0 saturated heterocycles. The maximum atomic E-state index is 12.3. The maximum absolute atomic E-state index is 12.3. The predicted molar refractivity (Wildman–Crippen MR) is 73.1 cm³/mol. The van der Waals surface area contributed by atoms with Gasteiger partial charge < -0.3 is 14.9 Å². The minimum atomic E-state index is -0.459. The molecule has 3 rings (SSSR count). The second-order valence-corrected chi connectivity index (χ2v) is 5.01. The summed E-state index contributed by atoms with van der Waals surface area (Å²) in [6, 6.07) is 9.19. The van der Waals surface area contributed by atoms with Crippen LogP contribution in [0.5, 0.6) is 0 Å². The molecule has 2 N–H and O–H groups in total. The summed E-state index contributed by atoms with van der Waals surface area (Å²) in [4.78, 5) is 12.3. The number of aliphatic hydroxyl groups excluding tert-OH is 1. The zero-order valence-electron chi connectivity index (χ0n) is 11.0. The number of rotatable bonds is 3. The van der Waals surface area contributed by atoms with Crippen molar-refractivity contribution in [1.82, 2.24) is 10.5 Å². The summed E-state index contributed by atoms with van der Waals surface area (Å²) < 4.78 is 5.19. The van der Waals surface area contributed by atoms with E-state index in [9.17, 15) is 9.90 Å². The van der Waals surface area contributed by atoms with Crippen LogP contribution in [-0.4, -0.2) is 28.3 Å². The molecule has 1 amide bonds. The second kappa shape index (κ2) is 5.46. The number of benzene rings is 1. The van der Waals surface area contributed by atoms with Gasteiger partial charge in [-0.2, -0.15) is 0 Å². The number of amides is 1. The van der Waals surface area contributed by atoms with Crippen LogP contribution >= 0.6 is 0 Å². The van der Waals surface area contributed by atoms with Gasteiger partial charge in [0.25, 0.3) is 5.91 Å². The van der Waals surface area contributed by atoms with Gasteiger partial charge in [-0.05, 0) is 19.3 Å². The van der Waals surface area contributed by atoms with Crippen molar-refractivity contribution < 1.29 is 14.4 Å². The number of carbonyl (C=O) groups excluding carboxylic acids is 1. The van der Waals surface area contributed by atoms with Gasteiger partial charge in [-0.25, -0.2) is 0 Å². The fraction of sp³-hybridized carbons (Fsp3) is 0.333. The average molecular weight is 272 g/mol. The highest BCUT2D eigenvalue weighted by Crippen LogP contribution is 2.24. The highest BCUT2D eigenvalue weighted by atomic mass is 16.5. The minimum absolute atomic E-state index is 0.180. The first-order valence-corrected chi connectivity index (χ1v) is 6.75. The molecule has 0 bridgehead atoms. The van der Waals surface area contributed by atoms with E-state index in [-0.39, 0.29) is 11.9 Å². The Hall–Kier alpha value is -2.14. The van der Waals surface area contributed by atoms with Crippen molar-refractivity contribution in [3.05, 3.63) is 42.1 Å². The van der Waals surface area contributed by atoms with Gasteiger partial charge in [-0.15, -0.1) is 0 Å². The van der Waals surface area contributed by atoms with E-state index in [2.05, 4.69) is 10.5 Å². The monoisotopic (exact) mass is 272 g/mol. The SMILES string of the molecule is O=C(N[C@H]1CCC[C@H]1O)c1cnoc1-c1ccccc1. The van der Waals surface area contributed by atoms with E-state index in [1.807, 2.05) is 30.3 Å². The number of carbonyl (C=O) groups is 1. The third-order valence-electron chi connectivity index (χ3n) is 3.65. The summed E-state index contributed by atoms with van der Waals surface area (Å²) in [5, 5.41) is 16.3. The predicted octanol–water partition coefficient (Wildman–Crippen LogP) is 1.98. The standard InChI is InChI=1S/C15H16N2O3/c18-13-8-4-7-12(13)17-15(19)11-9-16-20-14(11)10-5-2-1-3-6-10/h1-3,5-6,9,12-13,18H,4,7-8H2,(H,17,19)/t12-,13+/m0/s1. The first kappa shape index (κ1) is 12.9. The van der Waals surface area contributed by atoms with Crippen LogP contribution < -0.4 is 5.32 Å². The number of aromatic nitrogens is 1. The van der Waals surface area contributed by atoms with Crippen molar-refractivity contribution in [3.63, 3.8) is 0 Å². The van der Waals surface area contributed by atoms with Crippen LogP contribution in [0.15, 0.2) is 41.1 Å². The Labute approximate surface area is 116 Å². The first-order chi connectivity index (χ1) is 9.75. The lowest BCUT2D eigenvalue weighted by atomic mass is 10.1. The molecule has 1 aromatic heterocycles. The molecule has 104 valence electrons. The Bertz CT molecular complexity index is 594. The van der Waals surface area contributed by atoms with Crippen LogP contribution in [0.25, 0.3) is 11.3 Å². The van der Waals surface area contributed by atoms with Crippen LogP contribution in [0.4, 0.5) is 0 Å². The van der Waals surface area contributed by atoms with E-state index in [4.69, 9.17) is 4.52 Å². The molecule has 1 aliphatic carbocycles. The molecule has 0 radical (unpaired) electrons. The maximum Gasteiger partial charge on any atom is 0.257 e. The molecular weight excluding hydrogens is 256 g/mol. The molecule has 1 fully saturated rings. The van der Waals surface area contributed by atoms with Crippen molar-refractivity contribution in [3.8, 4) is 11.3 Å². The molecule has 20 heavy (non-hydrogen) atoms. The number of aliphatic hydroxyl groups is 1. The van der Waals surface area contributed by atoms with Gasteiger partial charge in [-0.1, -0.05) is 35.5 Å². The summed E-state index contributed by atoms with van der Waals surface area (Å²) in [5.74, 6) is 0.201. The van der Waals surface area contributed by atoms with Crippen molar-refractivity contribution in [1.29, 1.82) is 0 Å². The Morgan fingerprint density at radius 3 is 2.80 bits per heavy atom. The summed E-state index contributed by atoms with van der Waals surface area (Å²) in [7, 11) is 0. The molecule has 1 saturated carbocycles. The molecule has 1 aromatic carbocycles. The van der Waals surface area contributed by atoms with Crippen molar-refractivity contribution in [2.75, 3.05) is 0 Å². The second-order valence-electron chi connectivity index (χ2n) is 5.01. The Morgan fingerprint density at radius 1 is 1.30 bits per heavy atom. The average Bonchev–Trinajstić information content (AvgIpc) is 3.09. The zero-order valence-corrected chi connectivity index (χ0v) is 11.0. The van der Waals surface area contributed by atoms with Crippen LogP contribution in [0.1, 0.15) is 29.6 Å². The van der Waals surface area contributed by atoms with Gasteiger partial charge in [0.05, 0.1) is 18.3 Å². The Morgan fingerprint density at radius 2 is 2.10 bits per heavy atom. The molecule has 0 aliphatic heterocycles. The van der Waals surface area contributed by atoms with Crippen LogP contribution in [0, 0.1) is 0 Å². The van der Waals surface area contributed by atoms with E-state index < -0.39 is 6.10 Å². The molecule has 1 aliphatic rings. The third-order valence-corrected chi connectivity index (χ3v) is 3.65. The fourth-order valence-electron chi connectivity index (χ4n) is 2.55. The van der Waals surface area contributed by atoms with E-state index in [1.54, 1.807) is 0 Å². The highest BCUT2D eigenvalue weighted by molar-refractivity contribution is 5.99. The smallest absolute Gasteiger partial charge is 0.257 e. The largest absolute Gasteiger partial charge is 0.391 e. The Kier molecular flexibility index (Phi) is 3.52. The van der Waals surface area contributed by atoms with Crippen LogP contribution in [0.3, 0.4) is 0 Å². The van der Waals surface area contributed by atoms with Gasteiger partial charge in [0.15, 0.2) is 5.76 Å². The molecule has 5 nitrogen and oxygen atoms in total. The number of nitrogens with zero attached hydrogens (tertiary/aromatic N) is 1.